The van der Waals surface area contributed by atoms with E-state index in [4.69, 9.17) is 0 Å². The number of rotatable bonds is 3. The van der Waals surface area contributed by atoms with Crippen molar-refractivity contribution in [2.45, 2.75) is 0 Å². The standard InChI is InChI=1S/C42H25NS2/c1-4-13-37-31(8-1)34-24-25-36-33-10-3-6-15-39(33)45-42(36)40(34)43(37)29-22-20-27(21-23-29)26-16-18-28(19-17-26)30-11-7-12-35-32-9-2-5-14-38(32)44-41(30)35/h1-25H. The third-order valence-electron chi connectivity index (χ3n) is 9.24. The van der Waals surface area contributed by atoms with Gasteiger partial charge in [-0.2, -0.15) is 0 Å². The van der Waals surface area contributed by atoms with Crippen LogP contribution in [0, 0.1) is 0 Å². The number of nitrogens with zero attached hydrogens (tertiary/aromatic N) is 1. The molecule has 3 heteroatoms. The zero-order valence-corrected chi connectivity index (χ0v) is 25.8. The van der Waals surface area contributed by atoms with E-state index in [2.05, 4.69) is 156 Å². The summed E-state index contributed by atoms with van der Waals surface area (Å²) in [6, 6.07) is 55.7. The number of para-hydroxylation sites is 1. The molecule has 0 aliphatic rings. The zero-order chi connectivity index (χ0) is 29.5. The molecule has 0 bridgehead atoms. The molecule has 0 saturated carbocycles. The van der Waals surface area contributed by atoms with Crippen LogP contribution < -0.4 is 0 Å². The third-order valence-corrected chi connectivity index (χ3v) is 11.7. The van der Waals surface area contributed by atoms with E-state index in [9.17, 15) is 0 Å². The van der Waals surface area contributed by atoms with Crippen molar-refractivity contribution in [3.63, 3.8) is 0 Å². The van der Waals surface area contributed by atoms with Gasteiger partial charge in [0.05, 0.1) is 15.7 Å². The summed E-state index contributed by atoms with van der Waals surface area (Å²) < 4.78 is 7.83. The number of fused-ring (bicyclic) bond motifs is 10. The fraction of sp³-hybridized carbons (Fsp3) is 0. The molecule has 10 aromatic rings. The van der Waals surface area contributed by atoms with Gasteiger partial charge in [-0.05, 0) is 52.6 Å². The second kappa shape index (κ2) is 9.64. The van der Waals surface area contributed by atoms with Crippen molar-refractivity contribution in [1.82, 2.24) is 4.57 Å². The Morgan fingerprint density at radius 1 is 0.356 bits per heavy atom. The smallest absolute Gasteiger partial charge is 0.0719 e. The summed E-state index contributed by atoms with van der Waals surface area (Å²) in [5.74, 6) is 0. The maximum Gasteiger partial charge on any atom is 0.0719 e. The first-order chi connectivity index (χ1) is 22.3. The Balaban J connectivity index is 1.08. The molecule has 0 unspecified atom stereocenters. The van der Waals surface area contributed by atoms with Crippen molar-refractivity contribution in [2.24, 2.45) is 0 Å². The van der Waals surface area contributed by atoms with Crippen molar-refractivity contribution in [1.29, 1.82) is 0 Å². The molecule has 0 amide bonds. The Hall–Kier alpha value is -5.22. The third kappa shape index (κ3) is 3.72. The highest BCUT2D eigenvalue weighted by Crippen LogP contribution is 2.43. The van der Waals surface area contributed by atoms with Gasteiger partial charge in [0.1, 0.15) is 0 Å². The number of aromatic nitrogens is 1. The van der Waals surface area contributed by atoms with Crippen LogP contribution in [0.4, 0.5) is 0 Å². The van der Waals surface area contributed by atoms with Crippen LogP contribution in [0.5, 0.6) is 0 Å². The lowest BCUT2D eigenvalue weighted by atomic mass is 9.99. The van der Waals surface area contributed by atoms with E-state index >= 15 is 0 Å². The molecule has 0 N–H and O–H groups in total. The Kier molecular flexibility index (Phi) is 5.39. The van der Waals surface area contributed by atoms with Crippen molar-refractivity contribution >= 4 is 84.8 Å². The number of thiophene rings is 2. The van der Waals surface area contributed by atoms with Crippen LogP contribution in [0.3, 0.4) is 0 Å². The molecular formula is C42H25NS2. The molecule has 45 heavy (non-hydrogen) atoms. The van der Waals surface area contributed by atoms with Crippen molar-refractivity contribution in [3.8, 4) is 27.9 Å². The molecule has 210 valence electrons. The van der Waals surface area contributed by atoms with E-state index in [0.29, 0.717) is 0 Å². The van der Waals surface area contributed by atoms with Gasteiger partial charge in [0.2, 0.25) is 0 Å². The van der Waals surface area contributed by atoms with Crippen LogP contribution in [0.25, 0.3) is 90.1 Å². The summed E-state index contributed by atoms with van der Waals surface area (Å²) in [6.07, 6.45) is 0. The van der Waals surface area contributed by atoms with E-state index in [1.165, 1.54) is 90.1 Å². The fourth-order valence-electron chi connectivity index (χ4n) is 7.12. The minimum absolute atomic E-state index is 1.18. The van der Waals surface area contributed by atoms with Gasteiger partial charge in [-0.25, -0.2) is 0 Å². The van der Waals surface area contributed by atoms with Crippen LogP contribution in [-0.4, -0.2) is 4.57 Å². The summed E-state index contributed by atoms with van der Waals surface area (Å²) in [6.45, 7) is 0. The number of hydrogen-bond acceptors (Lipinski definition) is 2. The van der Waals surface area contributed by atoms with Gasteiger partial charge in [-0.15, -0.1) is 22.7 Å². The van der Waals surface area contributed by atoms with Crippen molar-refractivity contribution in [3.05, 3.63) is 152 Å². The minimum Gasteiger partial charge on any atom is -0.308 e. The van der Waals surface area contributed by atoms with Gasteiger partial charge < -0.3 is 4.57 Å². The topological polar surface area (TPSA) is 4.93 Å². The second-order valence-corrected chi connectivity index (χ2v) is 13.8. The highest BCUT2D eigenvalue weighted by molar-refractivity contribution is 7.27. The molecule has 10 rings (SSSR count). The van der Waals surface area contributed by atoms with E-state index in [-0.39, 0.29) is 0 Å². The maximum absolute atomic E-state index is 2.46. The predicted octanol–water partition coefficient (Wildman–Crippen LogP) is 12.9. The average Bonchev–Trinajstić information content (AvgIpc) is 3.78. The van der Waals surface area contributed by atoms with Crippen LogP contribution in [0.15, 0.2) is 152 Å². The molecule has 0 fully saturated rings. The van der Waals surface area contributed by atoms with Gasteiger partial charge >= 0.3 is 0 Å². The Labute approximate surface area is 267 Å². The van der Waals surface area contributed by atoms with Gasteiger partial charge in [-0.1, -0.05) is 121 Å². The van der Waals surface area contributed by atoms with E-state index in [0.717, 1.165) is 0 Å². The van der Waals surface area contributed by atoms with Crippen LogP contribution in [-0.2, 0) is 0 Å². The summed E-state index contributed by atoms with van der Waals surface area (Å²) in [5, 5.41) is 7.94. The summed E-state index contributed by atoms with van der Waals surface area (Å²) in [5.41, 5.74) is 8.72. The largest absolute Gasteiger partial charge is 0.308 e. The van der Waals surface area contributed by atoms with Gasteiger partial charge in [-0.3, -0.25) is 0 Å². The van der Waals surface area contributed by atoms with Gasteiger partial charge in [0, 0.05) is 52.1 Å². The molecule has 0 spiro atoms. The van der Waals surface area contributed by atoms with Gasteiger partial charge in [0.25, 0.3) is 0 Å². The Bertz CT molecular complexity index is 2740. The first-order valence-electron chi connectivity index (χ1n) is 15.3. The minimum atomic E-state index is 1.18. The Morgan fingerprint density at radius 3 is 1.62 bits per heavy atom. The molecular weight excluding hydrogens is 583 g/mol. The van der Waals surface area contributed by atoms with Crippen LogP contribution in [0.2, 0.25) is 0 Å². The quantitative estimate of drug-likeness (QED) is 0.188. The predicted molar refractivity (Wildman–Crippen MR) is 197 cm³/mol. The van der Waals surface area contributed by atoms with Gasteiger partial charge in [0.15, 0.2) is 0 Å². The zero-order valence-electron chi connectivity index (χ0n) is 24.2. The highest BCUT2D eigenvalue weighted by Gasteiger charge is 2.17. The fourth-order valence-corrected chi connectivity index (χ4v) is 9.60. The van der Waals surface area contributed by atoms with E-state index < -0.39 is 0 Å². The molecule has 3 aromatic heterocycles. The first-order valence-corrected chi connectivity index (χ1v) is 16.9. The summed E-state index contributed by atoms with van der Waals surface area (Å²) in [7, 11) is 0. The molecule has 0 aliphatic carbocycles. The molecule has 0 atom stereocenters. The van der Waals surface area contributed by atoms with Crippen LogP contribution in [0.1, 0.15) is 0 Å². The number of hydrogen-bond donors (Lipinski definition) is 0. The van der Waals surface area contributed by atoms with Crippen molar-refractivity contribution in [2.75, 3.05) is 0 Å². The molecule has 7 aromatic carbocycles. The summed E-state index contributed by atoms with van der Waals surface area (Å²) in [4.78, 5) is 0. The molecule has 0 saturated heterocycles. The first kappa shape index (κ1) is 25.1. The SMILES string of the molecule is c1ccc2c(c1)sc1c(-c3ccc(-c4ccc(-n5c6ccccc6c6ccc7c8ccccc8sc7c65)cc4)cc3)cccc12. The Morgan fingerprint density at radius 2 is 0.889 bits per heavy atom. The summed E-state index contributed by atoms with van der Waals surface area (Å²) >= 11 is 3.78. The molecule has 0 radical (unpaired) electrons. The van der Waals surface area contributed by atoms with Crippen LogP contribution >= 0.6 is 22.7 Å². The lowest BCUT2D eigenvalue weighted by Gasteiger charge is -2.11. The average molecular weight is 608 g/mol. The monoisotopic (exact) mass is 607 g/mol. The lowest BCUT2D eigenvalue weighted by Crippen LogP contribution is -1.94. The molecule has 3 heterocycles. The van der Waals surface area contributed by atoms with E-state index in [1.54, 1.807) is 0 Å². The van der Waals surface area contributed by atoms with E-state index in [1.807, 2.05) is 22.7 Å². The molecule has 0 aliphatic heterocycles. The maximum atomic E-state index is 2.46. The lowest BCUT2D eigenvalue weighted by molar-refractivity contribution is 1.19. The molecule has 1 nitrogen and oxygen atoms in total. The second-order valence-electron chi connectivity index (χ2n) is 11.7. The van der Waals surface area contributed by atoms with Crippen molar-refractivity contribution < 1.29 is 0 Å². The number of benzene rings is 7. The normalized spacial score (nSPS) is 12.0. The highest BCUT2D eigenvalue weighted by atomic mass is 32.1.